The van der Waals surface area contributed by atoms with Gasteiger partial charge in [0.05, 0.1) is 7.32 Å². The van der Waals surface area contributed by atoms with Crippen molar-refractivity contribution in [3.05, 3.63) is 168 Å². The molecule has 7 nitrogen and oxygen atoms in total. The molecule has 0 amide bonds. The zero-order valence-electron chi connectivity index (χ0n) is 32.1. The van der Waals surface area contributed by atoms with Crippen LogP contribution in [0.25, 0.3) is 0 Å². The maximum atomic E-state index is 10.7. The van der Waals surface area contributed by atoms with Gasteiger partial charge in [0.2, 0.25) is 23.8 Å². The Kier molecular flexibility index (Phi) is 16.6. The molecular formula is C46H57BN2O5. The van der Waals surface area contributed by atoms with Gasteiger partial charge in [-0.3, -0.25) is 9.68 Å². The standard InChI is InChI=1S/C22H21BO3.2C12H18NO/c24-23(25)26-18-10-17-22(19-11-4-1-5-12-19,20-13-6-2-7-14-20)21-15-8-3-9-16-21;2*1-2-14-13-10-6-5-9-12(13)11-7-3-4-8-11/h1-9,11-16H,10,17-18H2;2*5-6,9-11H,2-4,7-8H2,1H3/q-2;2*+1. The molecule has 5 aromatic rings. The second-order valence-electron chi connectivity index (χ2n) is 14.0. The third kappa shape index (κ3) is 11.3. The fraction of sp³-hybridized carbons (Fsp3) is 0.391. The van der Waals surface area contributed by atoms with Crippen LogP contribution >= 0.6 is 0 Å². The Labute approximate surface area is 323 Å². The van der Waals surface area contributed by atoms with Gasteiger partial charge in [-0.15, -0.1) is 0 Å². The summed E-state index contributed by atoms with van der Waals surface area (Å²) in [5, 5.41) is 21.4. The molecule has 0 saturated heterocycles. The molecule has 8 heteroatoms. The van der Waals surface area contributed by atoms with E-state index in [4.69, 9.17) is 14.3 Å². The Bertz CT molecular complexity index is 1590. The number of rotatable bonds is 14. The van der Waals surface area contributed by atoms with E-state index in [0.717, 1.165) is 19.6 Å². The average Bonchev–Trinajstić information content (AvgIpc) is 3.97. The van der Waals surface area contributed by atoms with Crippen molar-refractivity contribution in [3.63, 3.8) is 0 Å². The predicted molar refractivity (Wildman–Crippen MR) is 210 cm³/mol. The molecule has 0 N–H and O–H groups in total. The molecule has 3 aromatic carbocycles. The largest absolute Gasteiger partial charge is 0.871 e. The quantitative estimate of drug-likeness (QED) is 0.0552. The zero-order chi connectivity index (χ0) is 37.9. The van der Waals surface area contributed by atoms with Crippen molar-refractivity contribution in [1.82, 2.24) is 0 Å². The first-order valence-electron chi connectivity index (χ1n) is 19.9. The van der Waals surface area contributed by atoms with Gasteiger partial charge in [-0.25, -0.2) is 0 Å². The Morgan fingerprint density at radius 2 is 0.926 bits per heavy atom. The van der Waals surface area contributed by atoms with Gasteiger partial charge in [0.15, 0.2) is 13.2 Å². The molecule has 0 bridgehead atoms. The number of aromatic nitrogens is 2. The van der Waals surface area contributed by atoms with Crippen molar-refractivity contribution >= 4 is 7.32 Å². The molecule has 54 heavy (non-hydrogen) atoms. The summed E-state index contributed by atoms with van der Waals surface area (Å²) >= 11 is 0. The molecule has 2 saturated carbocycles. The van der Waals surface area contributed by atoms with Crippen molar-refractivity contribution in [1.29, 1.82) is 0 Å². The van der Waals surface area contributed by atoms with E-state index in [9.17, 15) is 10.0 Å². The van der Waals surface area contributed by atoms with Crippen LogP contribution in [0.4, 0.5) is 0 Å². The van der Waals surface area contributed by atoms with E-state index in [-0.39, 0.29) is 12.0 Å². The lowest BCUT2D eigenvalue weighted by Crippen LogP contribution is -2.48. The van der Waals surface area contributed by atoms with Crippen LogP contribution in [0.5, 0.6) is 0 Å². The maximum Gasteiger partial charge on any atom is 0.237 e. The fourth-order valence-electron chi connectivity index (χ4n) is 8.09. The van der Waals surface area contributed by atoms with Gasteiger partial charge in [0.1, 0.15) is 0 Å². The summed E-state index contributed by atoms with van der Waals surface area (Å²) in [5.41, 5.74) is 5.85. The zero-order valence-corrected chi connectivity index (χ0v) is 32.1. The van der Waals surface area contributed by atoms with Crippen molar-refractivity contribution < 1.29 is 33.8 Å². The number of hydrogen-bond donors (Lipinski definition) is 0. The molecule has 2 aliphatic carbocycles. The summed E-state index contributed by atoms with van der Waals surface area (Å²) in [4.78, 5) is 11.1. The van der Waals surface area contributed by atoms with Crippen LogP contribution in [0.15, 0.2) is 140 Å². The van der Waals surface area contributed by atoms with Crippen molar-refractivity contribution in [2.24, 2.45) is 0 Å². The van der Waals surface area contributed by atoms with E-state index in [1.165, 1.54) is 79.4 Å². The number of pyridine rings is 2. The van der Waals surface area contributed by atoms with Gasteiger partial charge in [-0.2, -0.15) is 0 Å². The van der Waals surface area contributed by atoms with E-state index in [1.54, 1.807) is 0 Å². The van der Waals surface area contributed by atoms with Gasteiger partial charge >= 0.3 is 0 Å². The van der Waals surface area contributed by atoms with Gasteiger partial charge in [-0.05, 0) is 81.2 Å². The molecule has 7 rings (SSSR count). The first kappa shape index (κ1) is 40.7. The summed E-state index contributed by atoms with van der Waals surface area (Å²) in [6, 6.07) is 43.7. The Morgan fingerprint density at radius 1 is 0.556 bits per heavy atom. The fourth-order valence-corrected chi connectivity index (χ4v) is 8.09. The smallest absolute Gasteiger partial charge is 0.237 e. The Hall–Kier alpha value is -4.50. The molecule has 0 aliphatic heterocycles. The second kappa shape index (κ2) is 22.0. The molecule has 0 atom stereocenters. The molecule has 2 fully saturated rings. The summed E-state index contributed by atoms with van der Waals surface area (Å²) in [6.45, 7) is 5.67. The summed E-state index contributed by atoms with van der Waals surface area (Å²) in [5.74, 6) is 1.42. The molecule has 0 unspecified atom stereocenters. The predicted octanol–water partition coefficient (Wildman–Crippen LogP) is 6.68. The normalized spacial score (nSPS) is 14.4. The molecule has 0 radical (unpaired) electrons. The molecule has 2 aromatic heterocycles. The highest BCUT2D eigenvalue weighted by Crippen LogP contribution is 2.43. The van der Waals surface area contributed by atoms with Crippen LogP contribution in [0, 0.1) is 0 Å². The van der Waals surface area contributed by atoms with Gasteiger partial charge in [0, 0.05) is 57.6 Å². The first-order valence-corrected chi connectivity index (χ1v) is 19.9. The van der Waals surface area contributed by atoms with Crippen molar-refractivity contribution in [3.8, 4) is 0 Å². The number of benzene rings is 3. The average molecular weight is 729 g/mol. The van der Waals surface area contributed by atoms with Crippen LogP contribution in [-0.4, -0.2) is 27.1 Å². The van der Waals surface area contributed by atoms with E-state index in [2.05, 4.69) is 60.7 Å². The van der Waals surface area contributed by atoms with Gasteiger partial charge in [-0.1, -0.05) is 117 Å². The lowest BCUT2D eigenvalue weighted by molar-refractivity contribution is -0.896. The first-order chi connectivity index (χ1) is 26.6. The highest BCUT2D eigenvalue weighted by Gasteiger charge is 2.35. The molecule has 2 heterocycles. The minimum absolute atomic E-state index is 0.159. The van der Waals surface area contributed by atoms with E-state index < -0.39 is 7.32 Å². The highest BCUT2D eigenvalue weighted by atomic mass is 16.7. The summed E-state index contributed by atoms with van der Waals surface area (Å²) in [7, 11) is -2.23. The minimum Gasteiger partial charge on any atom is -0.871 e. The molecule has 284 valence electrons. The number of hydrogen-bond acceptors (Lipinski definition) is 5. The summed E-state index contributed by atoms with van der Waals surface area (Å²) in [6.07, 6.45) is 16.1. The third-order valence-corrected chi connectivity index (χ3v) is 10.5. The van der Waals surface area contributed by atoms with Gasteiger partial charge in [0.25, 0.3) is 0 Å². The van der Waals surface area contributed by atoms with Crippen LogP contribution in [0.2, 0.25) is 0 Å². The SMILES string of the molecule is CCO[n+]1ccccc1C1CCCC1.CCO[n+]1ccccc1C1CCCC1.[O-]B([O-])OCCCC(c1ccccc1)(c1ccccc1)c1ccccc1. The van der Waals surface area contributed by atoms with Gasteiger partial charge < -0.3 is 14.7 Å². The number of nitrogens with zero attached hydrogens (tertiary/aromatic N) is 2. The molecule has 0 spiro atoms. The summed E-state index contributed by atoms with van der Waals surface area (Å²) < 4.78 is 8.61. The van der Waals surface area contributed by atoms with Crippen LogP contribution in [0.1, 0.15) is 118 Å². The molecule has 2 aliphatic rings. The Balaban J connectivity index is 0.000000169. The molecular weight excluding hydrogens is 671 g/mol. The lowest BCUT2D eigenvalue weighted by Gasteiger charge is -2.37. The van der Waals surface area contributed by atoms with E-state index >= 15 is 0 Å². The monoisotopic (exact) mass is 728 g/mol. The highest BCUT2D eigenvalue weighted by molar-refractivity contribution is 6.28. The minimum atomic E-state index is -2.23. The topological polar surface area (TPSA) is 81.6 Å². The van der Waals surface area contributed by atoms with Crippen LogP contribution < -0.4 is 29.2 Å². The Morgan fingerprint density at radius 3 is 1.28 bits per heavy atom. The van der Waals surface area contributed by atoms with E-state index in [0.29, 0.717) is 18.3 Å². The second-order valence-corrected chi connectivity index (χ2v) is 14.0. The maximum absolute atomic E-state index is 10.7. The van der Waals surface area contributed by atoms with Crippen molar-refractivity contribution in [2.45, 2.75) is 95.3 Å². The third-order valence-electron chi connectivity index (χ3n) is 10.5. The van der Waals surface area contributed by atoms with Crippen LogP contribution in [0.3, 0.4) is 0 Å². The lowest BCUT2D eigenvalue weighted by atomic mass is 9.67. The van der Waals surface area contributed by atoms with Crippen molar-refractivity contribution in [2.75, 3.05) is 19.8 Å². The van der Waals surface area contributed by atoms with Crippen LogP contribution in [-0.2, 0) is 10.1 Å². The van der Waals surface area contributed by atoms with E-state index in [1.807, 2.05) is 102 Å².